The van der Waals surface area contributed by atoms with Crippen LogP contribution in [0, 0.1) is 6.92 Å². The van der Waals surface area contributed by atoms with E-state index in [0.29, 0.717) is 5.33 Å². The summed E-state index contributed by atoms with van der Waals surface area (Å²) in [7, 11) is 0. The van der Waals surface area contributed by atoms with Gasteiger partial charge in [0.05, 0.1) is 5.33 Å². The van der Waals surface area contributed by atoms with E-state index in [-0.39, 0.29) is 5.78 Å². The van der Waals surface area contributed by atoms with Crippen LogP contribution in [0.2, 0.25) is 0 Å². The lowest BCUT2D eigenvalue weighted by Gasteiger charge is -1.99. The minimum absolute atomic E-state index is 0.142. The second-order valence-electron chi connectivity index (χ2n) is 2.37. The van der Waals surface area contributed by atoms with Crippen LogP contribution in [0.1, 0.15) is 29.8 Å². The van der Waals surface area contributed by atoms with Gasteiger partial charge in [-0.3, -0.25) is 4.79 Å². The first-order chi connectivity index (χ1) is 6.25. The monoisotopic (exact) mass is 242 g/mol. The van der Waals surface area contributed by atoms with Gasteiger partial charge in [-0.2, -0.15) is 0 Å². The quantitative estimate of drug-likeness (QED) is 0.573. The molecule has 0 aliphatic rings. The van der Waals surface area contributed by atoms with Gasteiger partial charge in [0.2, 0.25) is 0 Å². The molecule has 0 heterocycles. The summed E-state index contributed by atoms with van der Waals surface area (Å²) in [6.07, 6.45) is 0. The Bertz CT molecular complexity index is 269. The van der Waals surface area contributed by atoms with Gasteiger partial charge in [-0.05, 0) is 12.5 Å². The molecule has 1 aromatic carbocycles. The average molecular weight is 243 g/mol. The van der Waals surface area contributed by atoms with Crippen molar-refractivity contribution in [2.75, 3.05) is 5.33 Å². The standard InChI is InChI=1S/C9H9BrO.C2H6/c1-7-4-2-3-5-8(7)9(11)6-10;1-2/h2-5H,6H2,1H3;1-2H3. The number of benzene rings is 1. The third kappa shape index (κ3) is 3.73. The van der Waals surface area contributed by atoms with Crippen LogP contribution >= 0.6 is 15.9 Å². The Hall–Kier alpha value is -0.630. The number of rotatable bonds is 2. The van der Waals surface area contributed by atoms with E-state index in [0.717, 1.165) is 11.1 Å². The first-order valence-corrected chi connectivity index (χ1v) is 5.52. The van der Waals surface area contributed by atoms with Gasteiger partial charge in [-0.1, -0.05) is 54.0 Å². The predicted molar refractivity (Wildman–Crippen MR) is 60.7 cm³/mol. The Kier molecular flexibility index (Phi) is 6.51. The zero-order valence-electron chi connectivity index (χ0n) is 8.30. The summed E-state index contributed by atoms with van der Waals surface area (Å²) in [6, 6.07) is 7.60. The van der Waals surface area contributed by atoms with Crippen LogP contribution in [0.15, 0.2) is 24.3 Å². The van der Waals surface area contributed by atoms with Crippen LogP contribution in [-0.4, -0.2) is 11.1 Å². The van der Waals surface area contributed by atoms with Gasteiger partial charge in [0.15, 0.2) is 5.78 Å². The van der Waals surface area contributed by atoms with E-state index in [2.05, 4.69) is 15.9 Å². The number of carbonyl (C=O) groups is 1. The van der Waals surface area contributed by atoms with Crippen molar-refractivity contribution in [3.63, 3.8) is 0 Å². The van der Waals surface area contributed by atoms with Crippen molar-refractivity contribution in [1.29, 1.82) is 0 Å². The number of alkyl halides is 1. The number of halogens is 1. The van der Waals surface area contributed by atoms with Crippen LogP contribution < -0.4 is 0 Å². The molecule has 0 atom stereocenters. The summed E-state index contributed by atoms with van der Waals surface area (Å²) in [4.78, 5) is 11.2. The molecule has 0 unspecified atom stereocenters. The Morgan fingerprint density at radius 2 is 1.85 bits per heavy atom. The average Bonchev–Trinajstić information content (AvgIpc) is 2.20. The molecule has 0 saturated carbocycles. The zero-order chi connectivity index (χ0) is 10.3. The molecule has 13 heavy (non-hydrogen) atoms. The van der Waals surface area contributed by atoms with E-state index in [1.165, 1.54) is 0 Å². The molecule has 1 rings (SSSR count). The fourth-order valence-electron chi connectivity index (χ4n) is 0.958. The fourth-order valence-corrected chi connectivity index (χ4v) is 1.26. The smallest absolute Gasteiger partial charge is 0.173 e. The largest absolute Gasteiger partial charge is 0.293 e. The summed E-state index contributed by atoms with van der Waals surface area (Å²) >= 11 is 3.14. The highest BCUT2D eigenvalue weighted by molar-refractivity contribution is 9.09. The third-order valence-corrected chi connectivity index (χ3v) is 2.08. The predicted octanol–water partition coefficient (Wildman–Crippen LogP) is 3.60. The molecule has 0 amide bonds. The Balaban J connectivity index is 0.000000671. The van der Waals surface area contributed by atoms with Gasteiger partial charge in [0.1, 0.15) is 0 Å². The van der Waals surface area contributed by atoms with E-state index in [9.17, 15) is 4.79 Å². The Morgan fingerprint density at radius 1 is 1.31 bits per heavy atom. The van der Waals surface area contributed by atoms with Gasteiger partial charge in [0, 0.05) is 5.56 Å². The molecule has 1 nitrogen and oxygen atoms in total. The molecule has 0 bridgehead atoms. The van der Waals surface area contributed by atoms with Crippen LogP contribution in [0.5, 0.6) is 0 Å². The zero-order valence-corrected chi connectivity index (χ0v) is 9.89. The highest BCUT2D eigenvalue weighted by Gasteiger charge is 2.04. The maximum Gasteiger partial charge on any atom is 0.173 e. The summed E-state index contributed by atoms with van der Waals surface area (Å²) in [5.74, 6) is 0.142. The second-order valence-corrected chi connectivity index (χ2v) is 2.93. The molecular weight excluding hydrogens is 228 g/mol. The minimum Gasteiger partial charge on any atom is -0.293 e. The summed E-state index contributed by atoms with van der Waals surface area (Å²) in [5.41, 5.74) is 1.85. The van der Waals surface area contributed by atoms with E-state index in [1.807, 2.05) is 45.0 Å². The minimum atomic E-state index is 0.142. The molecule has 0 aliphatic heterocycles. The molecule has 0 N–H and O–H groups in total. The van der Waals surface area contributed by atoms with E-state index in [4.69, 9.17) is 0 Å². The molecule has 0 aliphatic carbocycles. The third-order valence-electron chi connectivity index (χ3n) is 1.57. The first-order valence-electron chi connectivity index (χ1n) is 4.40. The molecule has 0 saturated heterocycles. The van der Waals surface area contributed by atoms with Crippen molar-refractivity contribution in [2.45, 2.75) is 20.8 Å². The van der Waals surface area contributed by atoms with Crippen molar-refractivity contribution in [2.24, 2.45) is 0 Å². The maximum absolute atomic E-state index is 11.2. The summed E-state index contributed by atoms with van der Waals surface area (Å²) < 4.78 is 0. The normalized spacial score (nSPS) is 8.62. The topological polar surface area (TPSA) is 17.1 Å². The molecule has 0 aromatic heterocycles. The van der Waals surface area contributed by atoms with Crippen LogP contribution in [0.25, 0.3) is 0 Å². The molecule has 2 heteroatoms. The number of Topliss-reactive ketones (excluding diaryl/α,β-unsaturated/α-hetero) is 1. The van der Waals surface area contributed by atoms with Crippen LogP contribution in [0.4, 0.5) is 0 Å². The number of carbonyl (C=O) groups excluding carboxylic acids is 1. The van der Waals surface area contributed by atoms with Crippen molar-refractivity contribution in [1.82, 2.24) is 0 Å². The van der Waals surface area contributed by atoms with Crippen molar-refractivity contribution < 1.29 is 4.79 Å². The number of hydrogen-bond acceptors (Lipinski definition) is 1. The van der Waals surface area contributed by atoms with Gasteiger partial charge in [-0.15, -0.1) is 0 Å². The van der Waals surface area contributed by atoms with Crippen LogP contribution in [0.3, 0.4) is 0 Å². The lowest BCUT2D eigenvalue weighted by atomic mass is 10.1. The lowest BCUT2D eigenvalue weighted by Crippen LogP contribution is -2.01. The van der Waals surface area contributed by atoms with Crippen molar-refractivity contribution in [3.8, 4) is 0 Å². The molecule has 72 valence electrons. The number of hydrogen-bond donors (Lipinski definition) is 0. The first kappa shape index (κ1) is 12.4. The Labute approximate surface area is 88.3 Å². The van der Waals surface area contributed by atoms with E-state index >= 15 is 0 Å². The van der Waals surface area contributed by atoms with Crippen molar-refractivity contribution >= 4 is 21.7 Å². The molecule has 0 spiro atoms. The molecular formula is C11H15BrO. The van der Waals surface area contributed by atoms with Gasteiger partial charge >= 0.3 is 0 Å². The fraction of sp³-hybridized carbons (Fsp3) is 0.364. The molecule has 0 fully saturated rings. The molecule has 1 aromatic rings. The molecule has 0 radical (unpaired) electrons. The SMILES string of the molecule is CC.Cc1ccccc1C(=O)CBr. The highest BCUT2D eigenvalue weighted by Crippen LogP contribution is 2.08. The van der Waals surface area contributed by atoms with Crippen LogP contribution in [-0.2, 0) is 0 Å². The maximum atomic E-state index is 11.2. The second kappa shape index (κ2) is 6.84. The van der Waals surface area contributed by atoms with Gasteiger partial charge < -0.3 is 0 Å². The number of aryl methyl sites for hydroxylation is 1. The summed E-state index contributed by atoms with van der Waals surface area (Å²) in [5, 5.41) is 0.401. The van der Waals surface area contributed by atoms with Crippen molar-refractivity contribution in [3.05, 3.63) is 35.4 Å². The van der Waals surface area contributed by atoms with E-state index in [1.54, 1.807) is 0 Å². The number of ketones is 1. The highest BCUT2D eigenvalue weighted by atomic mass is 79.9. The lowest BCUT2D eigenvalue weighted by molar-refractivity contribution is 0.102. The van der Waals surface area contributed by atoms with E-state index < -0.39 is 0 Å². The summed E-state index contributed by atoms with van der Waals surface area (Å²) in [6.45, 7) is 5.94. The Morgan fingerprint density at radius 3 is 2.31 bits per heavy atom. The van der Waals surface area contributed by atoms with Gasteiger partial charge in [0.25, 0.3) is 0 Å². The van der Waals surface area contributed by atoms with Gasteiger partial charge in [-0.25, -0.2) is 0 Å².